The summed E-state index contributed by atoms with van der Waals surface area (Å²) in [5.74, 6) is 2.18. The SMILES string of the molecule is CCN(CC)c1ccc(/C=C2\Oc3cc(OCc4ccc(OC)cc4)ccc3C2=O)cc1. The number of fused-ring (bicyclic) bond motifs is 1. The van der Waals surface area contributed by atoms with E-state index in [0.717, 1.165) is 35.7 Å². The van der Waals surface area contributed by atoms with E-state index in [0.29, 0.717) is 29.4 Å². The predicted octanol–water partition coefficient (Wildman–Crippen LogP) is 5.74. The fraction of sp³-hybridized carbons (Fsp3) is 0.222. The van der Waals surface area contributed by atoms with Crippen LogP contribution in [0.4, 0.5) is 5.69 Å². The molecule has 0 atom stereocenters. The van der Waals surface area contributed by atoms with E-state index in [1.165, 1.54) is 0 Å². The molecule has 4 rings (SSSR count). The third kappa shape index (κ3) is 4.62. The molecule has 0 N–H and O–H groups in total. The molecule has 1 aliphatic rings. The van der Waals surface area contributed by atoms with Gasteiger partial charge in [-0.3, -0.25) is 4.79 Å². The van der Waals surface area contributed by atoms with Crippen molar-refractivity contribution in [1.82, 2.24) is 0 Å². The normalized spacial score (nSPS) is 13.6. The first-order valence-electron chi connectivity index (χ1n) is 10.8. The fourth-order valence-corrected chi connectivity index (χ4v) is 3.67. The van der Waals surface area contributed by atoms with Crippen molar-refractivity contribution in [3.63, 3.8) is 0 Å². The van der Waals surface area contributed by atoms with Gasteiger partial charge in [-0.2, -0.15) is 0 Å². The molecule has 0 aromatic heterocycles. The second-order valence-corrected chi connectivity index (χ2v) is 7.50. The lowest BCUT2D eigenvalue weighted by molar-refractivity contribution is 0.101. The lowest BCUT2D eigenvalue weighted by atomic mass is 10.1. The van der Waals surface area contributed by atoms with E-state index in [2.05, 4.69) is 30.9 Å². The molecule has 0 bridgehead atoms. The summed E-state index contributed by atoms with van der Waals surface area (Å²) in [6.45, 7) is 6.60. The molecule has 5 nitrogen and oxygen atoms in total. The topological polar surface area (TPSA) is 48.0 Å². The molecule has 0 saturated carbocycles. The zero-order chi connectivity index (χ0) is 22.5. The summed E-state index contributed by atoms with van der Waals surface area (Å²) in [7, 11) is 1.64. The minimum Gasteiger partial charge on any atom is -0.497 e. The first-order chi connectivity index (χ1) is 15.6. The van der Waals surface area contributed by atoms with Crippen molar-refractivity contribution in [2.45, 2.75) is 20.5 Å². The van der Waals surface area contributed by atoms with E-state index in [1.54, 1.807) is 31.4 Å². The molecule has 0 aliphatic carbocycles. The Hall–Kier alpha value is -3.73. The molecule has 1 aliphatic heterocycles. The summed E-state index contributed by atoms with van der Waals surface area (Å²) in [5, 5.41) is 0. The third-order valence-corrected chi connectivity index (χ3v) is 5.53. The highest BCUT2D eigenvalue weighted by Gasteiger charge is 2.27. The van der Waals surface area contributed by atoms with Crippen molar-refractivity contribution in [2.24, 2.45) is 0 Å². The fourth-order valence-electron chi connectivity index (χ4n) is 3.67. The number of benzene rings is 3. The minimum absolute atomic E-state index is 0.116. The lowest BCUT2D eigenvalue weighted by Gasteiger charge is -2.20. The second kappa shape index (κ2) is 9.60. The van der Waals surface area contributed by atoms with Gasteiger partial charge in [0, 0.05) is 24.8 Å². The number of ether oxygens (including phenoxy) is 3. The van der Waals surface area contributed by atoms with Crippen LogP contribution in [0.1, 0.15) is 35.3 Å². The quantitative estimate of drug-likeness (QED) is 0.428. The maximum Gasteiger partial charge on any atom is 0.231 e. The Balaban J connectivity index is 1.45. The van der Waals surface area contributed by atoms with Crippen LogP contribution in [0.2, 0.25) is 0 Å². The number of anilines is 1. The molecule has 0 fully saturated rings. The van der Waals surface area contributed by atoms with Crippen LogP contribution < -0.4 is 19.1 Å². The Morgan fingerprint density at radius 3 is 2.25 bits per heavy atom. The first kappa shape index (κ1) is 21.5. The van der Waals surface area contributed by atoms with Gasteiger partial charge in [-0.15, -0.1) is 0 Å². The van der Waals surface area contributed by atoms with E-state index in [9.17, 15) is 4.79 Å². The van der Waals surface area contributed by atoms with Crippen LogP contribution in [0.5, 0.6) is 17.2 Å². The van der Waals surface area contributed by atoms with Crippen LogP contribution in [-0.2, 0) is 6.61 Å². The zero-order valence-electron chi connectivity index (χ0n) is 18.6. The molecule has 5 heteroatoms. The summed E-state index contributed by atoms with van der Waals surface area (Å²) in [6, 6.07) is 21.2. The molecular weight excluding hydrogens is 402 g/mol. The van der Waals surface area contributed by atoms with Crippen LogP contribution >= 0.6 is 0 Å². The van der Waals surface area contributed by atoms with E-state index in [-0.39, 0.29) is 5.78 Å². The number of hydrogen-bond acceptors (Lipinski definition) is 5. The molecule has 0 saturated heterocycles. The zero-order valence-corrected chi connectivity index (χ0v) is 18.6. The van der Waals surface area contributed by atoms with Gasteiger partial charge < -0.3 is 19.1 Å². The van der Waals surface area contributed by atoms with Gasteiger partial charge in [-0.05, 0) is 67.4 Å². The van der Waals surface area contributed by atoms with Gasteiger partial charge in [0.1, 0.15) is 23.9 Å². The number of carbonyl (C=O) groups excluding carboxylic acids is 1. The minimum atomic E-state index is -0.116. The van der Waals surface area contributed by atoms with Crippen LogP contribution in [0.3, 0.4) is 0 Å². The third-order valence-electron chi connectivity index (χ3n) is 5.53. The van der Waals surface area contributed by atoms with Gasteiger partial charge in [0.25, 0.3) is 0 Å². The highest BCUT2D eigenvalue weighted by atomic mass is 16.5. The standard InChI is InChI=1S/C27H27NO4/c1-4-28(5-2)21-10-6-19(7-11-21)16-26-27(29)24-15-14-23(17-25(24)32-26)31-18-20-8-12-22(30-3)13-9-20/h6-17H,4-5,18H2,1-3H3/b26-16-. The number of rotatable bonds is 8. The van der Waals surface area contributed by atoms with Crippen LogP contribution in [0.25, 0.3) is 6.08 Å². The highest BCUT2D eigenvalue weighted by Crippen LogP contribution is 2.35. The average molecular weight is 430 g/mol. The van der Waals surface area contributed by atoms with Crippen molar-refractivity contribution in [3.8, 4) is 17.2 Å². The summed E-state index contributed by atoms with van der Waals surface area (Å²) in [6.07, 6.45) is 1.78. The maximum absolute atomic E-state index is 12.8. The summed E-state index contributed by atoms with van der Waals surface area (Å²) < 4.78 is 16.9. The maximum atomic E-state index is 12.8. The molecule has 32 heavy (non-hydrogen) atoms. The Kier molecular flexibility index (Phi) is 6.45. The van der Waals surface area contributed by atoms with Gasteiger partial charge in [0.2, 0.25) is 5.78 Å². The summed E-state index contributed by atoms with van der Waals surface area (Å²) in [4.78, 5) is 15.0. The van der Waals surface area contributed by atoms with Crippen molar-refractivity contribution in [2.75, 3.05) is 25.1 Å². The van der Waals surface area contributed by atoms with E-state index >= 15 is 0 Å². The number of nitrogens with zero attached hydrogens (tertiary/aromatic N) is 1. The first-order valence-corrected chi connectivity index (χ1v) is 10.8. The average Bonchev–Trinajstić information content (AvgIpc) is 3.14. The van der Waals surface area contributed by atoms with E-state index in [4.69, 9.17) is 14.2 Å². The Morgan fingerprint density at radius 2 is 1.59 bits per heavy atom. The molecule has 0 radical (unpaired) electrons. The summed E-state index contributed by atoms with van der Waals surface area (Å²) >= 11 is 0. The summed E-state index contributed by atoms with van der Waals surface area (Å²) in [5.41, 5.74) is 3.66. The van der Waals surface area contributed by atoms with Crippen molar-refractivity contribution >= 4 is 17.5 Å². The van der Waals surface area contributed by atoms with E-state index in [1.807, 2.05) is 36.4 Å². The molecule has 0 unspecified atom stereocenters. The Bertz CT molecular complexity index is 1110. The Morgan fingerprint density at radius 1 is 0.906 bits per heavy atom. The van der Waals surface area contributed by atoms with Crippen LogP contribution in [0, 0.1) is 0 Å². The molecule has 0 amide bonds. The van der Waals surface area contributed by atoms with Crippen LogP contribution in [0.15, 0.2) is 72.5 Å². The second-order valence-electron chi connectivity index (χ2n) is 7.50. The number of ketones is 1. The van der Waals surface area contributed by atoms with Gasteiger partial charge in [0.15, 0.2) is 5.76 Å². The predicted molar refractivity (Wildman–Crippen MR) is 127 cm³/mol. The Labute approximate surface area is 188 Å². The largest absolute Gasteiger partial charge is 0.497 e. The van der Waals surface area contributed by atoms with Gasteiger partial charge >= 0.3 is 0 Å². The van der Waals surface area contributed by atoms with Crippen molar-refractivity contribution in [1.29, 1.82) is 0 Å². The number of allylic oxidation sites excluding steroid dienone is 1. The molecule has 3 aromatic rings. The van der Waals surface area contributed by atoms with Crippen molar-refractivity contribution in [3.05, 3.63) is 89.2 Å². The highest BCUT2D eigenvalue weighted by molar-refractivity contribution is 6.14. The van der Waals surface area contributed by atoms with Gasteiger partial charge in [-0.25, -0.2) is 0 Å². The lowest BCUT2D eigenvalue weighted by Crippen LogP contribution is -2.21. The number of methoxy groups -OCH3 is 1. The molecule has 164 valence electrons. The number of hydrogen-bond donors (Lipinski definition) is 0. The molecule has 3 aromatic carbocycles. The molecular formula is C27H27NO4. The van der Waals surface area contributed by atoms with Crippen molar-refractivity contribution < 1.29 is 19.0 Å². The number of Topliss-reactive ketones (excluding diaryl/α,β-unsaturated/α-hetero) is 1. The monoisotopic (exact) mass is 429 g/mol. The smallest absolute Gasteiger partial charge is 0.231 e. The van der Waals surface area contributed by atoms with Gasteiger partial charge in [-0.1, -0.05) is 24.3 Å². The number of carbonyl (C=O) groups is 1. The van der Waals surface area contributed by atoms with Gasteiger partial charge in [0.05, 0.1) is 12.7 Å². The molecule has 1 heterocycles. The molecule has 0 spiro atoms. The van der Waals surface area contributed by atoms with E-state index < -0.39 is 0 Å². The van der Waals surface area contributed by atoms with Crippen LogP contribution in [-0.4, -0.2) is 26.0 Å².